The summed E-state index contributed by atoms with van der Waals surface area (Å²) in [6.07, 6.45) is 4.82. The fourth-order valence-electron chi connectivity index (χ4n) is 1.97. The first kappa shape index (κ1) is 12.8. The zero-order chi connectivity index (χ0) is 13.9. The molecule has 1 amide bonds. The Morgan fingerprint density at radius 3 is 3.00 bits per heavy atom. The third-order valence-corrected chi connectivity index (χ3v) is 3.89. The topological polar surface area (TPSA) is 59.8 Å². The number of hydrogen-bond donors (Lipinski definition) is 1. The molecule has 5 nitrogen and oxygen atoms in total. The van der Waals surface area contributed by atoms with Crippen LogP contribution in [0, 0.1) is 0 Å². The maximum absolute atomic E-state index is 11.9. The van der Waals surface area contributed by atoms with Gasteiger partial charge in [0, 0.05) is 19.7 Å². The number of carbonyl (C=O) groups excluding carboxylic acids is 1. The summed E-state index contributed by atoms with van der Waals surface area (Å²) in [6, 6.07) is 7.85. The summed E-state index contributed by atoms with van der Waals surface area (Å²) in [6.45, 7) is 0. The molecule has 0 fully saturated rings. The van der Waals surface area contributed by atoms with Crippen LogP contribution < -0.4 is 5.32 Å². The molecule has 6 heteroatoms. The highest BCUT2D eigenvalue weighted by atomic mass is 32.1. The lowest BCUT2D eigenvalue weighted by Crippen LogP contribution is -2.11. The van der Waals surface area contributed by atoms with Crippen LogP contribution in [0.15, 0.2) is 36.7 Å². The van der Waals surface area contributed by atoms with E-state index in [4.69, 9.17) is 0 Å². The maximum atomic E-state index is 11.9. The Morgan fingerprint density at radius 2 is 2.25 bits per heavy atom. The quantitative estimate of drug-likeness (QED) is 0.802. The summed E-state index contributed by atoms with van der Waals surface area (Å²) in [7, 11) is 1.87. The molecule has 2 heterocycles. The number of carbonyl (C=O) groups is 1. The van der Waals surface area contributed by atoms with Crippen LogP contribution in [0.2, 0.25) is 0 Å². The number of benzene rings is 1. The number of aryl methyl sites for hydroxylation is 2. The van der Waals surface area contributed by atoms with Gasteiger partial charge in [0.2, 0.25) is 5.91 Å². The second-order valence-corrected chi connectivity index (χ2v) is 5.59. The van der Waals surface area contributed by atoms with Gasteiger partial charge in [0.05, 0.1) is 16.4 Å². The second kappa shape index (κ2) is 5.42. The number of thiazole rings is 1. The summed E-state index contributed by atoms with van der Waals surface area (Å²) in [5.74, 6) is -0.0205. The normalized spacial score (nSPS) is 10.8. The molecule has 0 aliphatic carbocycles. The lowest BCUT2D eigenvalue weighted by Gasteiger charge is -1.99. The van der Waals surface area contributed by atoms with Crippen LogP contribution in [0.1, 0.15) is 12.0 Å². The predicted octanol–water partition coefficient (Wildman–Crippen LogP) is 2.60. The Labute approximate surface area is 120 Å². The van der Waals surface area contributed by atoms with E-state index in [1.165, 1.54) is 11.3 Å². The third kappa shape index (κ3) is 2.85. The number of anilines is 1. The van der Waals surface area contributed by atoms with E-state index in [0.717, 1.165) is 15.8 Å². The molecule has 0 radical (unpaired) electrons. The van der Waals surface area contributed by atoms with Crippen molar-refractivity contribution in [2.24, 2.45) is 7.05 Å². The molecule has 0 saturated carbocycles. The van der Waals surface area contributed by atoms with Gasteiger partial charge in [0.1, 0.15) is 0 Å². The summed E-state index contributed by atoms with van der Waals surface area (Å²) in [5.41, 5.74) is 1.98. The van der Waals surface area contributed by atoms with Crippen LogP contribution in [-0.2, 0) is 18.3 Å². The van der Waals surface area contributed by atoms with Gasteiger partial charge in [-0.3, -0.25) is 9.48 Å². The van der Waals surface area contributed by atoms with E-state index >= 15 is 0 Å². The van der Waals surface area contributed by atoms with Crippen molar-refractivity contribution < 1.29 is 4.79 Å². The minimum atomic E-state index is -0.0205. The molecule has 102 valence electrons. The number of aromatic nitrogens is 3. The number of para-hydroxylation sites is 1. The van der Waals surface area contributed by atoms with Crippen molar-refractivity contribution in [3.05, 3.63) is 42.2 Å². The van der Waals surface area contributed by atoms with Crippen LogP contribution >= 0.6 is 11.3 Å². The minimum Gasteiger partial charge on any atom is -0.302 e. The molecule has 20 heavy (non-hydrogen) atoms. The number of hydrogen-bond acceptors (Lipinski definition) is 4. The molecule has 2 aromatic heterocycles. The predicted molar refractivity (Wildman–Crippen MR) is 79.8 cm³/mol. The van der Waals surface area contributed by atoms with Crippen LogP contribution in [-0.4, -0.2) is 20.7 Å². The van der Waals surface area contributed by atoms with Gasteiger partial charge in [-0.2, -0.15) is 5.10 Å². The van der Waals surface area contributed by atoms with E-state index in [1.54, 1.807) is 10.9 Å². The zero-order valence-corrected chi connectivity index (χ0v) is 11.9. The maximum Gasteiger partial charge on any atom is 0.226 e. The average molecular weight is 286 g/mol. The fraction of sp³-hybridized carbons (Fsp3) is 0.214. The Balaban J connectivity index is 1.60. The SMILES string of the molecule is Cn1cc(CCC(=O)Nc2nc3ccccc3s2)cn1. The van der Waals surface area contributed by atoms with E-state index in [2.05, 4.69) is 15.4 Å². The lowest BCUT2D eigenvalue weighted by atomic mass is 10.2. The van der Waals surface area contributed by atoms with Gasteiger partial charge in [0.15, 0.2) is 5.13 Å². The Kier molecular flexibility index (Phi) is 3.47. The van der Waals surface area contributed by atoms with Crippen molar-refractivity contribution in [2.75, 3.05) is 5.32 Å². The molecule has 0 spiro atoms. The fourth-order valence-corrected chi connectivity index (χ4v) is 2.85. The van der Waals surface area contributed by atoms with Gasteiger partial charge in [-0.25, -0.2) is 4.98 Å². The highest BCUT2D eigenvalue weighted by Crippen LogP contribution is 2.25. The van der Waals surface area contributed by atoms with E-state index in [9.17, 15) is 4.79 Å². The number of fused-ring (bicyclic) bond motifs is 1. The van der Waals surface area contributed by atoms with Crippen molar-refractivity contribution in [3.63, 3.8) is 0 Å². The summed E-state index contributed by atoms with van der Waals surface area (Å²) >= 11 is 1.49. The molecular weight excluding hydrogens is 272 g/mol. The van der Waals surface area contributed by atoms with Crippen molar-refractivity contribution in [1.29, 1.82) is 0 Å². The van der Waals surface area contributed by atoms with Crippen LogP contribution in [0.5, 0.6) is 0 Å². The largest absolute Gasteiger partial charge is 0.302 e. The van der Waals surface area contributed by atoms with Crippen molar-refractivity contribution in [3.8, 4) is 0 Å². The highest BCUT2D eigenvalue weighted by molar-refractivity contribution is 7.22. The molecular formula is C14H14N4OS. The van der Waals surface area contributed by atoms with Gasteiger partial charge < -0.3 is 5.32 Å². The van der Waals surface area contributed by atoms with E-state index in [0.29, 0.717) is 18.0 Å². The monoisotopic (exact) mass is 286 g/mol. The lowest BCUT2D eigenvalue weighted by molar-refractivity contribution is -0.116. The van der Waals surface area contributed by atoms with Gasteiger partial charge in [-0.1, -0.05) is 23.5 Å². The summed E-state index contributed by atoms with van der Waals surface area (Å²) < 4.78 is 2.82. The first-order valence-electron chi connectivity index (χ1n) is 6.34. The molecule has 3 rings (SSSR count). The molecule has 0 bridgehead atoms. The van der Waals surface area contributed by atoms with Crippen molar-refractivity contribution in [2.45, 2.75) is 12.8 Å². The summed E-state index contributed by atoms with van der Waals surface area (Å²) in [5, 5.41) is 7.59. The average Bonchev–Trinajstić information content (AvgIpc) is 3.01. The smallest absolute Gasteiger partial charge is 0.226 e. The molecule has 0 saturated heterocycles. The molecule has 0 unspecified atom stereocenters. The van der Waals surface area contributed by atoms with E-state index < -0.39 is 0 Å². The first-order chi connectivity index (χ1) is 9.70. The Morgan fingerprint density at radius 1 is 1.40 bits per heavy atom. The Hall–Kier alpha value is -2.21. The van der Waals surface area contributed by atoms with Crippen LogP contribution in [0.4, 0.5) is 5.13 Å². The summed E-state index contributed by atoms with van der Waals surface area (Å²) in [4.78, 5) is 16.3. The third-order valence-electron chi connectivity index (χ3n) is 2.94. The van der Waals surface area contributed by atoms with Gasteiger partial charge in [0.25, 0.3) is 0 Å². The number of nitrogens with one attached hydrogen (secondary N) is 1. The molecule has 0 aliphatic rings. The highest BCUT2D eigenvalue weighted by Gasteiger charge is 2.08. The number of rotatable bonds is 4. The first-order valence-corrected chi connectivity index (χ1v) is 7.15. The van der Waals surface area contributed by atoms with Crippen LogP contribution in [0.25, 0.3) is 10.2 Å². The van der Waals surface area contributed by atoms with Crippen LogP contribution in [0.3, 0.4) is 0 Å². The molecule has 1 aromatic carbocycles. The van der Waals surface area contributed by atoms with Gasteiger partial charge in [-0.05, 0) is 24.1 Å². The Bertz CT molecular complexity index is 713. The molecule has 0 aliphatic heterocycles. The van der Waals surface area contributed by atoms with Crippen molar-refractivity contribution in [1.82, 2.24) is 14.8 Å². The van der Waals surface area contributed by atoms with Crippen molar-refractivity contribution >= 4 is 32.6 Å². The van der Waals surface area contributed by atoms with E-state index in [-0.39, 0.29) is 5.91 Å². The van der Waals surface area contributed by atoms with Gasteiger partial charge in [-0.15, -0.1) is 0 Å². The minimum absolute atomic E-state index is 0.0205. The molecule has 1 N–H and O–H groups in total. The van der Waals surface area contributed by atoms with Gasteiger partial charge >= 0.3 is 0 Å². The molecule has 0 atom stereocenters. The number of nitrogens with zero attached hydrogens (tertiary/aromatic N) is 3. The second-order valence-electron chi connectivity index (χ2n) is 4.56. The molecule has 3 aromatic rings. The van der Waals surface area contributed by atoms with E-state index in [1.807, 2.05) is 37.5 Å². The zero-order valence-electron chi connectivity index (χ0n) is 11.0. The number of amides is 1. The standard InChI is InChI=1S/C14H14N4OS/c1-18-9-10(8-15-18)6-7-13(19)17-14-16-11-4-2-3-5-12(11)20-14/h2-5,8-9H,6-7H2,1H3,(H,16,17,19).